The van der Waals surface area contributed by atoms with E-state index in [2.05, 4.69) is 20.9 Å². The van der Waals surface area contributed by atoms with Gasteiger partial charge in [-0.15, -0.1) is 0 Å². The van der Waals surface area contributed by atoms with E-state index < -0.39 is 0 Å². The minimum atomic E-state index is 0.0569. The van der Waals surface area contributed by atoms with Crippen LogP contribution in [0.4, 0.5) is 0 Å². The molecule has 0 saturated carbocycles. The molecule has 0 aliphatic rings. The molecule has 0 radical (unpaired) electrons. The molecular formula is C10H15BrN2OS. The van der Waals surface area contributed by atoms with Crippen molar-refractivity contribution in [2.45, 2.75) is 31.5 Å². The van der Waals surface area contributed by atoms with Crippen LogP contribution < -0.4 is 5.56 Å². The van der Waals surface area contributed by atoms with Crippen molar-refractivity contribution in [3.63, 3.8) is 0 Å². The predicted molar refractivity (Wildman–Crippen MR) is 68.0 cm³/mol. The summed E-state index contributed by atoms with van der Waals surface area (Å²) in [7, 11) is 0. The second-order valence-corrected chi connectivity index (χ2v) is 4.84. The number of alkyl halides is 1. The van der Waals surface area contributed by atoms with Gasteiger partial charge in [0, 0.05) is 23.6 Å². The highest BCUT2D eigenvalue weighted by Gasteiger charge is 2.05. The van der Waals surface area contributed by atoms with Gasteiger partial charge in [-0.05, 0) is 26.0 Å². The van der Waals surface area contributed by atoms with Crippen LogP contribution in [0.2, 0.25) is 0 Å². The van der Waals surface area contributed by atoms with E-state index >= 15 is 0 Å². The SMILES string of the molecule is CSc1nc(C)cc(=O)n1CCCCBr. The van der Waals surface area contributed by atoms with Crippen molar-refractivity contribution in [1.29, 1.82) is 0 Å². The molecule has 0 aliphatic heterocycles. The molecule has 0 spiro atoms. The molecule has 3 nitrogen and oxygen atoms in total. The van der Waals surface area contributed by atoms with Crippen molar-refractivity contribution in [1.82, 2.24) is 9.55 Å². The molecule has 0 fully saturated rings. The van der Waals surface area contributed by atoms with Crippen LogP contribution in [0, 0.1) is 6.92 Å². The van der Waals surface area contributed by atoms with Gasteiger partial charge in [0.25, 0.3) is 5.56 Å². The standard InChI is InChI=1S/C10H15BrN2OS/c1-8-7-9(14)13(6-4-3-5-11)10(12-8)15-2/h7H,3-6H2,1-2H3. The lowest BCUT2D eigenvalue weighted by Gasteiger charge is -2.09. The first-order chi connectivity index (χ1) is 7.19. The molecule has 1 rings (SSSR count). The quantitative estimate of drug-likeness (QED) is 0.362. The van der Waals surface area contributed by atoms with E-state index in [0.717, 1.165) is 35.6 Å². The fourth-order valence-electron chi connectivity index (χ4n) is 1.32. The molecular weight excluding hydrogens is 276 g/mol. The minimum absolute atomic E-state index is 0.0569. The predicted octanol–water partition coefficient (Wildman–Crippen LogP) is 2.45. The van der Waals surface area contributed by atoms with Crippen LogP contribution in [-0.4, -0.2) is 21.1 Å². The van der Waals surface area contributed by atoms with Crippen LogP contribution in [0.3, 0.4) is 0 Å². The van der Waals surface area contributed by atoms with E-state index in [1.807, 2.05) is 13.2 Å². The third-order valence-corrected chi connectivity index (χ3v) is 3.29. The summed E-state index contributed by atoms with van der Waals surface area (Å²) < 4.78 is 1.75. The first kappa shape index (κ1) is 12.8. The van der Waals surface area contributed by atoms with Gasteiger partial charge in [-0.3, -0.25) is 9.36 Å². The topological polar surface area (TPSA) is 34.9 Å². The molecule has 15 heavy (non-hydrogen) atoms. The van der Waals surface area contributed by atoms with Crippen LogP contribution in [0.25, 0.3) is 0 Å². The number of rotatable bonds is 5. The second kappa shape index (κ2) is 6.33. The van der Waals surface area contributed by atoms with Crippen molar-refractivity contribution in [3.05, 3.63) is 22.1 Å². The van der Waals surface area contributed by atoms with Gasteiger partial charge in [-0.1, -0.05) is 27.7 Å². The maximum Gasteiger partial charge on any atom is 0.254 e. The van der Waals surface area contributed by atoms with E-state index in [9.17, 15) is 4.79 Å². The van der Waals surface area contributed by atoms with Crippen LogP contribution in [0.1, 0.15) is 18.5 Å². The summed E-state index contributed by atoms with van der Waals surface area (Å²) in [4.78, 5) is 16.1. The molecule has 0 N–H and O–H groups in total. The van der Waals surface area contributed by atoms with E-state index in [4.69, 9.17) is 0 Å². The largest absolute Gasteiger partial charge is 0.288 e. The Kier molecular flexibility index (Phi) is 5.39. The summed E-state index contributed by atoms with van der Waals surface area (Å²) in [6, 6.07) is 1.59. The first-order valence-corrected chi connectivity index (χ1v) is 7.22. The van der Waals surface area contributed by atoms with E-state index in [1.54, 1.807) is 10.6 Å². The van der Waals surface area contributed by atoms with Crippen molar-refractivity contribution in [2.75, 3.05) is 11.6 Å². The van der Waals surface area contributed by atoms with Gasteiger partial charge in [0.05, 0.1) is 0 Å². The third kappa shape index (κ3) is 3.65. The smallest absolute Gasteiger partial charge is 0.254 e. The Bertz CT molecular complexity index is 378. The van der Waals surface area contributed by atoms with E-state index in [1.165, 1.54) is 11.8 Å². The summed E-state index contributed by atoms with van der Waals surface area (Å²) in [5, 5.41) is 1.80. The lowest BCUT2D eigenvalue weighted by Crippen LogP contribution is -2.23. The van der Waals surface area contributed by atoms with Crippen LogP contribution in [-0.2, 0) is 6.54 Å². The Morgan fingerprint density at radius 2 is 2.27 bits per heavy atom. The summed E-state index contributed by atoms with van der Waals surface area (Å²) in [5.74, 6) is 0. The number of nitrogens with zero attached hydrogens (tertiary/aromatic N) is 2. The molecule has 0 unspecified atom stereocenters. The third-order valence-electron chi connectivity index (χ3n) is 2.05. The van der Waals surface area contributed by atoms with E-state index in [-0.39, 0.29) is 5.56 Å². The van der Waals surface area contributed by atoms with Gasteiger partial charge in [0.1, 0.15) is 0 Å². The monoisotopic (exact) mass is 290 g/mol. The Morgan fingerprint density at radius 3 is 2.87 bits per heavy atom. The Labute approximate surface area is 102 Å². The van der Waals surface area contributed by atoms with Crippen molar-refractivity contribution in [3.8, 4) is 0 Å². The van der Waals surface area contributed by atoms with Crippen molar-refractivity contribution >= 4 is 27.7 Å². The average Bonchev–Trinajstić information content (AvgIpc) is 2.20. The number of thioether (sulfide) groups is 1. The fraction of sp³-hybridized carbons (Fsp3) is 0.600. The number of halogens is 1. The zero-order chi connectivity index (χ0) is 11.3. The van der Waals surface area contributed by atoms with Crippen molar-refractivity contribution in [2.24, 2.45) is 0 Å². The van der Waals surface area contributed by atoms with E-state index in [0.29, 0.717) is 0 Å². The molecule has 0 bridgehead atoms. The van der Waals surface area contributed by atoms with Crippen LogP contribution in [0.5, 0.6) is 0 Å². The summed E-state index contributed by atoms with van der Waals surface area (Å²) >= 11 is 4.90. The summed E-state index contributed by atoms with van der Waals surface area (Å²) in [6.07, 6.45) is 4.03. The molecule has 5 heteroatoms. The van der Waals surface area contributed by atoms with Crippen LogP contribution in [0.15, 0.2) is 16.0 Å². The molecule has 1 aromatic heterocycles. The Balaban J connectivity index is 2.89. The molecule has 0 amide bonds. The van der Waals surface area contributed by atoms with Gasteiger partial charge < -0.3 is 0 Å². The van der Waals surface area contributed by atoms with Gasteiger partial charge in [-0.25, -0.2) is 4.98 Å². The van der Waals surface area contributed by atoms with Crippen molar-refractivity contribution < 1.29 is 0 Å². The number of hydrogen-bond donors (Lipinski definition) is 0. The van der Waals surface area contributed by atoms with Gasteiger partial charge in [0.2, 0.25) is 0 Å². The number of aryl methyl sites for hydroxylation is 1. The average molecular weight is 291 g/mol. The lowest BCUT2D eigenvalue weighted by atomic mass is 10.3. The minimum Gasteiger partial charge on any atom is -0.288 e. The maximum absolute atomic E-state index is 11.7. The molecule has 1 aromatic rings. The molecule has 0 aliphatic carbocycles. The highest BCUT2D eigenvalue weighted by Crippen LogP contribution is 2.10. The van der Waals surface area contributed by atoms with Crippen LogP contribution >= 0.6 is 27.7 Å². The zero-order valence-corrected chi connectivity index (χ0v) is 11.4. The molecule has 0 aromatic carbocycles. The Morgan fingerprint density at radius 1 is 1.53 bits per heavy atom. The first-order valence-electron chi connectivity index (χ1n) is 4.87. The molecule has 0 saturated heterocycles. The maximum atomic E-state index is 11.7. The lowest BCUT2D eigenvalue weighted by molar-refractivity contribution is 0.550. The number of aromatic nitrogens is 2. The van der Waals surface area contributed by atoms with Gasteiger partial charge in [-0.2, -0.15) is 0 Å². The molecule has 0 atom stereocenters. The molecule has 84 valence electrons. The Hall–Kier alpha value is -0.290. The van der Waals surface area contributed by atoms with Gasteiger partial charge in [0.15, 0.2) is 5.16 Å². The highest BCUT2D eigenvalue weighted by atomic mass is 79.9. The van der Waals surface area contributed by atoms with Gasteiger partial charge >= 0.3 is 0 Å². The zero-order valence-electron chi connectivity index (χ0n) is 8.99. The summed E-state index contributed by atoms with van der Waals surface area (Å²) in [5.41, 5.74) is 0.850. The normalized spacial score (nSPS) is 10.6. The fourth-order valence-corrected chi connectivity index (χ4v) is 2.35. The highest BCUT2D eigenvalue weighted by molar-refractivity contribution is 9.09. The summed E-state index contributed by atoms with van der Waals surface area (Å²) in [6.45, 7) is 2.61. The second-order valence-electron chi connectivity index (χ2n) is 3.27. The molecule has 1 heterocycles. The number of unbranched alkanes of at least 4 members (excludes halogenated alkanes) is 1. The number of hydrogen-bond acceptors (Lipinski definition) is 3.